The lowest BCUT2D eigenvalue weighted by molar-refractivity contribution is -0.126. The highest BCUT2D eigenvalue weighted by Crippen LogP contribution is 2.29. The van der Waals surface area contributed by atoms with Gasteiger partial charge in [-0.25, -0.2) is 4.79 Å². The summed E-state index contributed by atoms with van der Waals surface area (Å²) >= 11 is 0. The minimum atomic E-state index is -0.781. The van der Waals surface area contributed by atoms with Crippen LogP contribution in [0.2, 0.25) is 0 Å². The van der Waals surface area contributed by atoms with Crippen LogP contribution in [-0.4, -0.2) is 18.5 Å². The summed E-state index contributed by atoms with van der Waals surface area (Å²) in [6, 6.07) is -0.781. The van der Waals surface area contributed by atoms with Crippen LogP contribution in [0.15, 0.2) is 0 Å². The summed E-state index contributed by atoms with van der Waals surface area (Å²) in [6.07, 6.45) is 3.91. The quantitative estimate of drug-likeness (QED) is 0.581. The molecular formula is C9H17N3O2. The maximum atomic E-state index is 11.5. The van der Waals surface area contributed by atoms with Crippen molar-refractivity contribution in [2.45, 2.75) is 25.7 Å². The summed E-state index contributed by atoms with van der Waals surface area (Å²) in [7, 11) is 0. The molecule has 0 saturated heterocycles. The maximum Gasteiger partial charge on any atom is 0.318 e. The molecular weight excluding hydrogens is 182 g/mol. The first-order valence-electron chi connectivity index (χ1n) is 4.95. The largest absolute Gasteiger partial charge is 0.351 e. The van der Waals surface area contributed by atoms with E-state index in [0.717, 1.165) is 25.7 Å². The molecule has 5 nitrogen and oxygen atoms in total. The average Bonchev–Trinajstić information content (AvgIpc) is 2.16. The smallest absolute Gasteiger partial charge is 0.318 e. The van der Waals surface area contributed by atoms with Crippen molar-refractivity contribution in [3.63, 3.8) is 0 Å². The molecule has 0 bridgehead atoms. The van der Waals surface area contributed by atoms with Gasteiger partial charge in [0, 0.05) is 5.92 Å². The van der Waals surface area contributed by atoms with Crippen molar-refractivity contribution < 1.29 is 9.59 Å². The van der Waals surface area contributed by atoms with Crippen LogP contribution in [0, 0.1) is 11.8 Å². The minimum Gasteiger partial charge on any atom is -0.351 e. The van der Waals surface area contributed by atoms with Crippen LogP contribution in [0.4, 0.5) is 4.79 Å². The van der Waals surface area contributed by atoms with Crippen molar-refractivity contribution in [1.29, 1.82) is 0 Å². The van der Waals surface area contributed by atoms with E-state index in [0.29, 0.717) is 6.54 Å². The fraction of sp³-hybridized carbons (Fsp3) is 0.778. The Morgan fingerprint density at radius 2 is 1.93 bits per heavy atom. The van der Waals surface area contributed by atoms with Crippen molar-refractivity contribution in [3.8, 4) is 0 Å². The van der Waals surface area contributed by atoms with Crippen LogP contribution >= 0.6 is 0 Å². The first-order valence-corrected chi connectivity index (χ1v) is 4.95. The molecule has 1 rings (SSSR count). The molecule has 0 aliphatic heterocycles. The van der Waals surface area contributed by atoms with Crippen LogP contribution in [0.3, 0.4) is 0 Å². The van der Waals surface area contributed by atoms with Crippen LogP contribution < -0.4 is 16.8 Å². The van der Waals surface area contributed by atoms with Gasteiger partial charge in [0.05, 0.1) is 0 Å². The number of urea groups is 1. The lowest BCUT2D eigenvalue weighted by atomic mass is 9.79. The van der Waals surface area contributed by atoms with Gasteiger partial charge in [0.1, 0.15) is 0 Å². The lowest BCUT2D eigenvalue weighted by Crippen LogP contribution is -2.43. The standard InChI is InChI=1S/C9H17N3O2/c10-5-6-3-1-2-4-7(6)8(13)12-9(11)14/h6-7H,1-5,10H2,(H3,11,12,13,14). The van der Waals surface area contributed by atoms with E-state index < -0.39 is 6.03 Å². The summed E-state index contributed by atoms with van der Waals surface area (Å²) in [5.74, 6) is -0.211. The Bertz CT molecular complexity index is 230. The molecule has 0 radical (unpaired) electrons. The van der Waals surface area contributed by atoms with Gasteiger partial charge in [-0.1, -0.05) is 12.8 Å². The summed E-state index contributed by atoms with van der Waals surface area (Å²) in [5, 5.41) is 2.12. The van der Waals surface area contributed by atoms with Crippen molar-refractivity contribution in [2.75, 3.05) is 6.54 Å². The predicted molar refractivity (Wildman–Crippen MR) is 52.2 cm³/mol. The van der Waals surface area contributed by atoms with E-state index in [2.05, 4.69) is 5.32 Å². The molecule has 0 aromatic heterocycles. The molecule has 1 aliphatic rings. The van der Waals surface area contributed by atoms with E-state index in [-0.39, 0.29) is 17.7 Å². The molecule has 0 spiro atoms. The number of carbonyl (C=O) groups excluding carboxylic acids is 2. The Morgan fingerprint density at radius 3 is 2.50 bits per heavy atom. The summed E-state index contributed by atoms with van der Waals surface area (Å²) in [5.41, 5.74) is 10.5. The topological polar surface area (TPSA) is 98.2 Å². The van der Waals surface area contributed by atoms with Gasteiger partial charge in [0.15, 0.2) is 0 Å². The molecule has 3 amide bonds. The zero-order valence-corrected chi connectivity index (χ0v) is 8.16. The number of amides is 3. The SMILES string of the molecule is NCC1CCCCC1C(=O)NC(N)=O. The van der Waals surface area contributed by atoms with E-state index in [1.165, 1.54) is 0 Å². The van der Waals surface area contributed by atoms with Crippen LogP contribution in [0.1, 0.15) is 25.7 Å². The Labute approximate surface area is 83.2 Å². The molecule has 2 atom stereocenters. The zero-order valence-electron chi connectivity index (χ0n) is 8.16. The second kappa shape index (κ2) is 4.95. The molecule has 80 valence electrons. The van der Waals surface area contributed by atoms with Gasteiger partial charge < -0.3 is 11.5 Å². The molecule has 0 heterocycles. The fourth-order valence-electron chi connectivity index (χ4n) is 2.05. The van der Waals surface area contributed by atoms with Crippen LogP contribution in [0.5, 0.6) is 0 Å². The number of primary amides is 1. The Hall–Kier alpha value is -1.10. The van der Waals surface area contributed by atoms with E-state index in [4.69, 9.17) is 11.5 Å². The van der Waals surface area contributed by atoms with Crippen LogP contribution in [0.25, 0.3) is 0 Å². The maximum absolute atomic E-state index is 11.5. The van der Waals surface area contributed by atoms with Crippen molar-refractivity contribution in [2.24, 2.45) is 23.3 Å². The van der Waals surface area contributed by atoms with Gasteiger partial charge in [-0.15, -0.1) is 0 Å². The Morgan fingerprint density at radius 1 is 1.29 bits per heavy atom. The van der Waals surface area contributed by atoms with E-state index in [1.54, 1.807) is 0 Å². The van der Waals surface area contributed by atoms with Gasteiger partial charge in [-0.3, -0.25) is 10.1 Å². The van der Waals surface area contributed by atoms with Crippen molar-refractivity contribution in [3.05, 3.63) is 0 Å². The number of imide groups is 1. The van der Waals surface area contributed by atoms with Gasteiger partial charge in [0.2, 0.25) is 5.91 Å². The highest BCUT2D eigenvalue weighted by atomic mass is 16.2. The third-order valence-corrected chi connectivity index (χ3v) is 2.79. The Kier molecular flexibility index (Phi) is 3.88. The number of hydrogen-bond acceptors (Lipinski definition) is 3. The highest BCUT2D eigenvalue weighted by molar-refractivity contribution is 5.94. The summed E-state index contributed by atoms with van der Waals surface area (Å²) in [6.45, 7) is 0.497. The molecule has 1 aliphatic carbocycles. The normalized spacial score (nSPS) is 26.9. The van der Waals surface area contributed by atoms with Gasteiger partial charge >= 0.3 is 6.03 Å². The molecule has 2 unspecified atom stereocenters. The van der Waals surface area contributed by atoms with Crippen molar-refractivity contribution >= 4 is 11.9 Å². The third-order valence-electron chi connectivity index (χ3n) is 2.79. The molecule has 0 aromatic rings. The zero-order chi connectivity index (χ0) is 10.6. The Balaban J connectivity index is 2.54. The molecule has 5 N–H and O–H groups in total. The number of nitrogens with two attached hydrogens (primary N) is 2. The fourth-order valence-corrected chi connectivity index (χ4v) is 2.05. The highest BCUT2D eigenvalue weighted by Gasteiger charge is 2.30. The van der Waals surface area contributed by atoms with Crippen LogP contribution in [-0.2, 0) is 4.79 Å². The number of carbonyl (C=O) groups is 2. The van der Waals surface area contributed by atoms with E-state index in [1.807, 2.05) is 0 Å². The number of rotatable bonds is 2. The van der Waals surface area contributed by atoms with Crippen molar-refractivity contribution in [1.82, 2.24) is 5.32 Å². The molecule has 0 aromatic carbocycles. The molecule has 14 heavy (non-hydrogen) atoms. The first-order chi connectivity index (χ1) is 6.65. The number of nitrogens with one attached hydrogen (secondary N) is 1. The van der Waals surface area contributed by atoms with Gasteiger partial charge in [0.25, 0.3) is 0 Å². The summed E-state index contributed by atoms with van der Waals surface area (Å²) in [4.78, 5) is 22.0. The second-order valence-corrected chi connectivity index (χ2v) is 3.74. The van der Waals surface area contributed by atoms with Gasteiger partial charge in [-0.05, 0) is 25.3 Å². The molecule has 1 fully saturated rings. The third kappa shape index (κ3) is 2.70. The monoisotopic (exact) mass is 199 g/mol. The molecule has 1 saturated carbocycles. The number of hydrogen-bond donors (Lipinski definition) is 3. The predicted octanol–water partition coefficient (Wildman–Crippen LogP) is -0.0536. The lowest BCUT2D eigenvalue weighted by Gasteiger charge is -2.28. The second-order valence-electron chi connectivity index (χ2n) is 3.74. The van der Waals surface area contributed by atoms with E-state index in [9.17, 15) is 9.59 Å². The summed E-state index contributed by atoms with van der Waals surface area (Å²) < 4.78 is 0. The molecule has 5 heteroatoms. The first kappa shape index (κ1) is 11.0. The van der Waals surface area contributed by atoms with Gasteiger partial charge in [-0.2, -0.15) is 0 Å². The average molecular weight is 199 g/mol. The van der Waals surface area contributed by atoms with E-state index >= 15 is 0 Å². The minimum absolute atomic E-state index is 0.138.